The molecule has 0 aliphatic heterocycles. The SMILES string of the molecule is S=c1nc2ccccc2c2nc[nH]n12. The molecule has 1 N–H and O–H groups in total. The summed E-state index contributed by atoms with van der Waals surface area (Å²) in [7, 11) is 0. The molecule has 0 spiro atoms. The Labute approximate surface area is 84.2 Å². The maximum Gasteiger partial charge on any atom is 0.221 e. The van der Waals surface area contributed by atoms with Crippen molar-refractivity contribution in [3.8, 4) is 0 Å². The van der Waals surface area contributed by atoms with Crippen LogP contribution >= 0.6 is 12.2 Å². The van der Waals surface area contributed by atoms with Gasteiger partial charge in [0.05, 0.1) is 5.52 Å². The van der Waals surface area contributed by atoms with E-state index in [1.165, 1.54) is 0 Å². The lowest BCUT2D eigenvalue weighted by Crippen LogP contribution is -1.93. The van der Waals surface area contributed by atoms with Crippen molar-refractivity contribution < 1.29 is 0 Å². The molecule has 5 heteroatoms. The maximum absolute atomic E-state index is 5.12. The fraction of sp³-hybridized carbons (Fsp3) is 0. The summed E-state index contributed by atoms with van der Waals surface area (Å²) in [6.07, 6.45) is 1.61. The number of nitrogens with one attached hydrogen (secondary N) is 1. The number of fused-ring (bicyclic) bond motifs is 3. The van der Waals surface area contributed by atoms with Crippen LogP contribution in [0, 0.1) is 4.77 Å². The van der Waals surface area contributed by atoms with Crippen LogP contribution in [0.3, 0.4) is 0 Å². The second-order valence-corrected chi connectivity index (χ2v) is 3.32. The highest BCUT2D eigenvalue weighted by Gasteiger charge is 2.02. The van der Waals surface area contributed by atoms with Crippen LogP contribution in [0.2, 0.25) is 0 Å². The first-order valence-electron chi connectivity index (χ1n) is 4.17. The molecule has 2 heterocycles. The number of H-pyrrole nitrogens is 1. The summed E-state index contributed by atoms with van der Waals surface area (Å²) in [5.41, 5.74) is 1.70. The normalized spacial score (nSPS) is 11.1. The molecule has 1 aromatic carbocycles. The zero-order valence-corrected chi connectivity index (χ0v) is 7.95. The summed E-state index contributed by atoms with van der Waals surface area (Å²) < 4.78 is 2.19. The van der Waals surface area contributed by atoms with Gasteiger partial charge in [0, 0.05) is 5.39 Å². The second-order valence-electron chi connectivity index (χ2n) is 2.96. The van der Waals surface area contributed by atoms with Gasteiger partial charge in [-0.25, -0.2) is 14.5 Å². The molecule has 68 valence electrons. The lowest BCUT2D eigenvalue weighted by atomic mass is 10.2. The van der Waals surface area contributed by atoms with E-state index < -0.39 is 0 Å². The molecule has 0 amide bonds. The van der Waals surface area contributed by atoms with Crippen molar-refractivity contribution in [1.82, 2.24) is 19.6 Å². The Bertz CT molecular complexity index is 667. The van der Waals surface area contributed by atoms with Gasteiger partial charge in [0.15, 0.2) is 5.65 Å². The highest BCUT2D eigenvalue weighted by molar-refractivity contribution is 7.71. The first-order valence-corrected chi connectivity index (χ1v) is 4.58. The lowest BCUT2D eigenvalue weighted by molar-refractivity contribution is 0.915. The molecule has 2 aromatic heterocycles. The van der Waals surface area contributed by atoms with Crippen LogP contribution in [0.25, 0.3) is 16.6 Å². The quantitative estimate of drug-likeness (QED) is 0.567. The number of aromatic amines is 1. The van der Waals surface area contributed by atoms with E-state index in [0.717, 1.165) is 16.6 Å². The number of hydrogen-bond donors (Lipinski definition) is 1. The number of para-hydroxylation sites is 1. The third-order valence-electron chi connectivity index (χ3n) is 2.14. The first-order chi connectivity index (χ1) is 6.86. The molecular formula is C9H6N4S. The number of rotatable bonds is 0. The zero-order valence-electron chi connectivity index (χ0n) is 7.14. The van der Waals surface area contributed by atoms with Crippen LogP contribution in [-0.4, -0.2) is 19.6 Å². The highest BCUT2D eigenvalue weighted by atomic mass is 32.1. The van der Waals surface area contributed by atoms with Crippen LogP contribution in [0.5, 0.6) is 0 Å². The molecule has 0 fully saturated rings. The van der Waals surface area contributed by atoms with Gasteiger partial charge in [-0.05, 0) is 24.4 Å². The van der Waals surface area contributed by atoms with Crippen LogP contribution in [-0.2, 0) is 0 Å². The molecule has 3 aromatic rings. The maximum atomic E-state index is 5.12. The minimum atomic E-state index is 0.496. The Morgan fingerprint density at radius 2 is 2.14 bits per heavy atom. The summed E-state index contributed by atoms with van der Waals surface area (Å²) in [4.78, 5) is 8.49. The summed E-state index contributed by atoms with van der Waals surface area (Å²) >= 11 is 5.12. The van der Waals surface area contributed by atoms with E-state index in [2.05, 4.69) is 15.1 Å². The van der Waals surface area contributed by atoms with Crippen LogP contribution in [0.1, 0.15) is 0 Å². The van der Waals surface area contributed by atoms with Crippen molar-refractivity contribution in [2.45, 2.75) is 0 Å². The van der Waals surface area contributed by atoms with E-state index in [4.69, 9.17) is 12.2 Å². The second kappa shape index (κ2) is 2.62. The van der Waals surface area contributed by atoms with Gasteiger partial charge in [0.1, 0.15) is 6.33 Å². The summed E-state index contributed by atoms with van der Waals surface area (Å²) in [6.45, 7) is 0. The minimum Gasteiger partial charge on any atom is -0.280 e. The molecule has 0 unspecified atom stereocenters. The number of aromatic nitrogens is 4. The first kappa shape index (κ1) is 7.64. The monoisotopic (exact) mass is 202 g/mol. The molecule has 0 atom stereocenters. The number of benzene rings is 1. The summed E-state index contributed by atoms with van der Waals surface area (Å²) in [5, 5.41) is 3.92. The molecule has 0 aliphatic rings. The topological polar surface area (TPSA) is 46.0 Å². The molecule has 4 nitrogen and oxygen atoms in total. The van der Waals surface area contributed by atoms with Crippen LogP contribution in [0.4, 0.5) is 0 Å². The molecule has 0 saturated carbocycles. The Morgan fingerprint density at radius 3 is 3.07 bits per heavy atom. The van der Waals surface area contributed by atoms with E-state index in [1.807, 2.05) is 24.3 Å². The van der Waals surface area contributed by atoms with Crippen molar-refractivity contribution in [2.24, 2.45) is 0 Å². The molecule has 3 rings (SSSR count). The standard InChI is InChI=1S/C9H6N4S/c14-9-12-7-4-2-1-3-6(7)8-10-5-11-13(8)9/h1-5H,(H,10,11). The Balaban J connectivity index is 2.73. The largest absolute Gasteiger partial charge is 0.280 e. The highest BCUT2D eigenvalue weighted by Crippen LogP contribution is 2.15. The lowest BCUT2D eigenvalue weighted by Gasteiger charge is -1.98. The van der Waals surface area contributed by atoms with Gasteiger partial charge in [-0.2, -0.15) is 0 Å². The third kappa shape index (κ3) is 0.898. The fourth-order valence-electron chi connectivity index (χ4n) is 1.52. The average molecular weight is 202 g/mol. The van der Waals surface area contributed by atoms with Crippen molar-refractivity contribution in [3.05, 3.63) is 35.4 Å². The molecule has 14 heavy (non-hydrogen) atoms. The van der Waals surface area contributed by atoms with E-state index in [9.17, 15) is 0 Å². The van der Waals surface area contributed by atoms with E-state index in [0.29, 0.717) is 4.77 Å². The minimum absolute atomic E-state index is 0.496. The van der Waals surface area contributed by atoms with Gasteiger partial charge in [0.25, 0.3) is 0 Å². The predicted molar refractivity (Wildman–Crippen MR) is 55.7 cm³/mol. The summed E-state index contributed by atoms with van der Waals surface area (Å²) in [5.74, 6) is 0. The van der Waals surface area contributed by atoms with Crippen molar-refractivity contribution >= 4 is 28.8 Å². The van der Waals surface area contributed by atoms with E-state index in [1.54, 1.807) is 10.8 Å². The number of hydrogen-bond acceptors (Lipinski definition) is 3. The van der Waals surface area contributed by atoms with Crippen LogP contribution in [0.15, 0.2) is 30.6 Å². The average Bonchev–Trinajstić information content (AvgIpc) is 2.67. The van der Waals surface area contributed by atoms with Crippen LogP contribution < -0.4 is 0 Å². The van der Waals surface area contributed by atoms with Gasteiger partial charge in [-0.15, -0.1) is 0 Å². The molecule has 0 aliphatic carbocycles. The van der Waals surface area contributed by atoms with Gasteiger partial charge < -0.3 is 0 Å². The fourth-order valence-corrected chi connectivity index (χ4v) is 1.75. The number of nitrogens with zero attached hydrogens (tertiary/aromatic N) is 3. The van der Waals surface area contributed by atoms with E-state index in [-0.39, 0.29) is 0 Å². The Morgan fingerprint density at radius 1 is 1.29 bits per heavy atom. The van der Waals surface area contributed by atoms with Gasteiger partial charge in [-0.1, -0.05) is 12.1 Å². The third-order valence-corrected chi connectivity index (χ3v) is 2.41. The molecular weight excluding hydrogens is 196 g/mol. The van der Waals surface area contributed by atoms with Crippen molar-refractivity contribution in [3.63, 3.8) is 0 Å². The predicted octanol–water partition coefficient (Wildman–Crippen LogP) is 1.94. The van der Waals surface area contributed by atoms with Gasteiger partial charge in [0.2, 0.25) is 4.77 Å². The summed E-state index contributed by atoms with van der Waals surface area (Å²) in [6, 6.07) is 7.81. The van der Waals surface area contributed by atoms with E-state index >= 15 is 0 Å². The van der Waals surface area contributed by atoms with Crippen molar-refractivity contribution in [1.29, 1.82) is 0 Å². The smallest absolute Gasteiger partial charge is 0.221 e. The molecule has 0 radical (unpaired) electrons. The van der Waals surface area contributed by atoms with Gasteiger partial charge in [-0.3, -0.25) is 5.10 Å². The van der Waals surface area contributed by atoms with Crippen molar-refractivity contribution in [2.75, 3.05) is 0 Å². The Hall–Kier alpha value is -1.75. The molecule has 0 bridgehead atoms. The van der Waals surface area contributed by atoms with Gasteiger partial charge >= 0.3 is 0 Å². The Kier molecular flexibility index (Phi) is 1.43. The molecule has 0 saturated heterocycles. The zero-order chi connectivity index (χ0) is 9.54.